The monoisotopic (exact) mass is 462 g/mol. The molecule has 7 nitrogen and oxygen atoms in total. The highest BCUT2D eigenvalue weighted by atomic mass is 16.1. The van der Waals surface area contributed by atoms with Crippen LogP contribution in [0.3, 0.4) is 0 Å². The van der Waals surface area contributed by atoms with Crippen LogP contribution in [0.2, 0.25) is 0 Å². The predicted molar refractivity (Wildman–Crippen MR) is 136 cm³/mol. The summed E-state index contributed by atoms with van der Waals surface area (Å²) in [5, 5.41) is 6.78. The first-order valence-electron chi connectivity index (χ1n) is 13.1. The lowest BCUT2D eigenvalue weighted by atomic mass is 9.93. The van der Waals surface area contributed by atoms with Crippen LogP contribution in [0.15, 0.2) is 42.7 Å². The van der Waals surface area contributed by atoms with Gasteiger partial charge >= 0.3 is 0 Å². The third-order valence-electron chi connectivity index (χ3n) is 7.41. The Morgan fingerprint density at radius 2 is 1.79 bits per heavy atom. The number of hydrogen-bond acceptors (Lipinski definition) is 6. The minimum Gasteiger partial charge on any atom is -0.367 e. The summed E-state index contributed by atoms with van der Waals surface area (Å²) in [6, 6.07) is 13.6. The summed E-state index contributed by atoms with van der Waals surface area (Å²) in [5.41, 5.74) is 1.36. The van der Waals surface area contributed by atoms with E-state index >= 15 is 0 Å². The van der Waals surface area contributed by atoms with Crippen molar-refractivity contribution in [1.29, 1.82) is 0 Å². The Bertz CT molecular complexity index is 926. The summed E-state index contributed by atoms with van der Waals surface area (Å²) in [4.78, 5) is 26.4. The van der Waals surface area contributed by atoms with Crippen molar-refractivity contribution in [3.05, 3.63) is 48.3 Å². The molecule has 1 amide bonds. The number of anilines is 2. The van der Waals surface area contributed by atoms with E-state index in [9.17, 15) is 4.79 Å². The van der Waals surface area contributed by atoms with Gasteiger partial charge in [0.05, 0.1) is 0 Å². The molecule has 1 atom stereocenters. The molecule has 2 saturated heterocycles. The van der Waals surface area contributed by atoms with Crippen molar-refractivity contribution in [2.24, 2.45) is 5.92 Å². The van der Waals surface area contributed by atoms with Crippen LogP contribution in [0.4, 0.5) is 11.6 Å². The summed E-state index contributed by atoms with van der Waals surface area (Å²) in [6.07, 6.45) is 10.2. The van der Waals surface area contributed by atoms with Gasteiger partial charge in [0.1, 0.15) is 18.0 Å². The number of rotatable bonds is 9. The molecule has 2 N–H and O–H groups in total. The Kier molecular flexibility index (Phi) is 7.59. The number of carbonyl (C=O) groups is 1. The average molecular weight is 463 g/mol. The third kappa shape index (κ3) is 6.69. The molecule has 1 aromatic heterocycles. The maximum atomic E-state index is 12.7. The summed E-state index contributed by atoms with van der Waals surface area (Å²) in [7, 11) is 0. The molecule has 1 unspecified atom stereocenters. The average Bonchev–Trinajstić information content (AvgIpc) is 3.69. The molecule has 1 saturated carbocycles. The van der Waals surface area contributed by atoms with Crippen molar-refractivity contribution in [1.82, 2.24) is 20.2 Å². The lowest BCUT2D eigenvalue weighted by Crippen LogP contribution is -2.44. The van der Waals surface area contributed by atoms with Gasteiger partial charge in [0.2, 0.25) is 5.91 Å². The van der Waals surface area contributed by atoms with Crippen LogP contribution in [0.1, 0.15) is 56.9 Å². The smallest absolute Gasteiger partial charge is 0.220 e. The highest BCUT2D eigenvalue weighted by Gasteiger charge is 2.25. The largest absolute Gasteiger partial charge is 0.367 e. The molecule has 2 aromatic rings. The van der Waals surface area contributed by atoms with Crippen molar-refractivity contribution >= 4 is 17.5 Å². The van der Waals surface area contributed by atoms with Crippen molar-refractivity contribution in [2.75, 3.05) is 36.4 Å². The van der Waals surface area contributed by atoms with E-state index in [0.717, 1.165) is 70.0 Å². The number of likely N-dealkylation sites (tertiary alicyclic amines) is 1. The number of carbonyl (C=O) groups excluding carboxylic acids is 1. The van der Waals surface area contributed by atoms with Gasteiger partial charge in [-0.25, -0.2) is 9.97 Å². The zero-order chi connectivity index (χ0) is 23.2. The van der Waals surface area contributed by atoms with Gasteiger partial charge < -0.3 is 15.5 Å². The van der Waals surface area contributed by atoms with Gasteiger partial charge in [-0.05, 0) is 56.4 Å². The van der Waals surface area contributed by atoms with Crippen LogP contribution in [0.5, 0.6) is 0 Å². The molecule has 0 radical (unpaired) electrons. The molecule has 5 rings (SSSR count). The number of piperidine rings is 2. The van der Waals surface area contributed by atoms with E-state index in [1.807, 2.05) is 0 Å². The molecule has 0 bridgehead atoms. The van der Waals surface area contributed by atoms with Crippen LogP contribution < -0.4 is 15.5 Å². The van der Waals surface area contributed by atoms with Gasteiger partial charge in [-0.1, -0.05) is 30.3 Å². The molecule has 2 aliphatic heterocycles. The number of amides is 1. The van der Waals surface area contributed by atoms with Crippen molar-refractivity contribution in [2.45, 2.75) is 70.0 Å². The zero-order valence-electron chi connectivity index (χ0n) is 20.2. The first-order chi connectivity index (χ1) is 16.7. The second-order valence-electron chi connectivity index (χ2n) is 10.3. The lowest BCUT2D eigenvalue weighted by molar-refractivity contribution is -0.122. The quantitative estimate of drug-likeness (QED) is 0.590. The van der Waals surface area contributed by atoms with E-state index in [1.54, 1.807) is 6.33 Å². The van der Waals surface area contributed by atoms with Crippen molar-refractivity contribution < 1.29 is 4.79 Å². The van der Waals surface area contributed by atoms with Gasteiger partial charge in [0.15, 0.2) is 0 Å². The van der Waals surface area contributed by atoms with E-state index in [-0.39, 0.29) is 5.91 Å². The second kappa shape index (κ2) is 11.2. The number of benzene rings is 1. The Morgan fingerprint density at radius 3 is 2.59 bits per heavy atom. The fourth-order valence-electron chi connectivity index (χ4n) is 5.26. The molecule has 1 aromatic carbocycles. The Hall–Kier alpha value is -2.67. The molecule has 1 aliphatic carbocycles. The SMILES string of the molecule is O=C(CCC1CCCN(c2cc(NC3CC3)ncn2)C1)NC1CCN(Cc2ccccc2)CC1. The molecule has 34 heavy (non-hydrogen) atoms. The predicted octanol–water partition coefficient (Wildman–Crippen LogP) is 3.83. The van der Waals surface area contributed by atoms with E-state index in [0.29, 0.717) is 24.4 Å². The number of nitrogens with zero attached hydrogens (tertiary/aromatic N) is 4. The molecule has 7 heteroatoms. The molecular weight excluding hydrogens is 424 g/mol. The fraction of sp³-hybridized carbons (Fsp3) is 0.593. The standard InChI is InChI=1S/C27H38N6O/c34-27(31-24-12-15-32(16-13-24)18-21-5-2-1-3-6-21)11-8-22-7-4-14-33(19-22)26-17-25(28-20-29-26)30-23-9-10-23/h1-3,5-6,17,20,22-24H,4,7-16,18-19H2,(H,31,34)(H,28,29,30). The third-order valence-corrected chi connectivity index (χ3v) is 7.41. The van der Waals surface area contributed by atoms with Gasteiger partial charge in [-0.2, -0.15) is 0 Å². The molecule has 3 aliphatic rings. The van der Waals surface area contributed by atoms with E-state index in [1.165, 1.54) is 24.8 Å². The molecule has 3 fully saturated rings. The highest BCUT2D eigenvalue weighted by molar-refractivity contribution is 5.76. The van der Waals surface area contributed by atoms with Gasteiger partial charge in [-0.3, -0.25) is 9.69 Å². The minimum absolute atomic E-state index is 0.219. The molecule has 0 spiro atoms. The van der Waals surface area contributed by atoms with Crippen LogP contribution in [0.25, 0.3) is 0 Å². The fourth-order valence-corrected chi connectivity index (χ4v) is 5.26. The number of aromatic nitrogens is 2. The van der Waals surface area contributed by atoms with E-state index in [4.69, 9.17) is 0 Å². The summed E-state index contributed by atoms with van der Waals surface area (Å²) < 4.78 is 0. The van der Waals surface area contributed by atoms with Crippen molar-refractivity contribution in [3.8, 4) is 0 Å². The first kappa shape index (κ1) is 23.1. The van der Waals surface area contributed by atoms with E-state index in [2.05, 4.69) is 66.8 Å². The summed E-state index contributed by atoms with van der Waals surface area (Å²) >= 11 is 0. The van der Waals surface area contributed by atoms with Crippen LogP contribution in [-0.4, -0.2) is 59.0 Å². The Morgan fingerprint density at radius 1 is 0.971 bits per heavy atom. The molecular formula is C27H38N6O. The Balaban J connectivity index is 1.02. The summed E-state index contributed by atoms with van der Waals surface area (Å²) in [5.74, 6) is 2.71. The highest BCUT2D eigenvalue weighted by Crippen LogP contribution is 2.28. The van der Waals surface area contributed by atoms with Crippen LogP contribution in [-0.2, 0) is 11.3 Å². The Labute approximate surface area is 203 Å². The van der Waals surface area contributed by atoms with Crippen LogP contribution in [0, 0.1) is 5.92 Å². The maximum Gasteiger partial charge on any atom is 0.220 e. The second-order valence-corrected chi connectivity index (χ2v) is 10.3. The topological polar surface area (TPSA) is 73.4 Å². The molecule has 182 valence electrons. The lowest BCUT2D eigenvalue weighted by Gasteiger charge is -2.34. The van der Waals surface area contributed by atoms with Crippen LogP contribution >= 0.6 is 0 Å². The van der Waals surface area contributed by atoms with Gasteiger partial charge in [0, 0.05) is 57.3 Å². The van der Waals surface area contributed by atoms with E-state index < -0.39 is 0 Å². The van der Waals surface area contributed by atoms with Crippen molar-refractivity contribution in [3.63, 3.8) is 0 Å². The normalized spacial score (nSPS) is 21.9. The zero-order valence-corrected chi connectivity index (χ0v) is 20.2. The molecule has 3 heterocycles. The minimum atomic E-state index is 0.219. The van der Waals surface area contributed by atoms with Gasteiger partial charge in [-0.15, -0.1) is 0 Å². The summed E-state index contributed by atoms with van der Waals surface area (Å²) in [6.45, 7) is 5.11. The maximum absolute atomic E-state index is 12.7. The number of nitrogens with one attached hydrogen (secondary N) is 2. The first-order valence-corrected chi connectivity index (χ1v) is 13.1. The van der Waals surface area contributed by atoms with Gasteiger partial charge in [0.25, 0.3) is 0 Å². The number of hydrogen-bond donors (Lipinski definition) is 2.